The highest BCUT2D eigenvalue weighted by atomic mass is 32.1. The molecular formula is C21H22N2O4S. The van der Waals surface area contributed by atoms with Crippen LogP contribution in [0.4, 0.5) is 0 Å². The Hall–Kier alpha value is -3.19. The molecule has 2 aromatic heterocycles. The number of nitrogens with zero attached hydrogens (tertiary/aromatic N) is 1. The van der Waals surface area contributed by atoms with Crippen LogP contribution in [0.2, 0.25) is 0 Å². The second-order valence-electron chi connectivity index (χ2n) is 5.89. The predicted molar refractivity (Wildman–Crippen MR) is 114 cm³/mol. The fraction of sp³-hybridized carbons (Fsp3) is 0.190. The van der Waals surface area contributed by atoms with Gasteiger partial charge in [0.15, 0.2) is 0 Å². The molecule has 0 amide bonds. The monoisotopic (exact) mass is 398 g/mol. The number of aromatic nitrogens is 2. The smallest absolute Gasteiger partial charge is 0.341 e. The SMILES string of the molecule is C=CC=C(C=CC)CC=CC=CCCn1cc(C(=O)O)c(=O)c2[nH]c(=O)sc21. The van der Waals surface area contributed by atoms with Gasteiger partial charge in [0, 0.05) is 12.7 Å². The summed E-state index contributed by atoms with van der Waals surface area (Å²) >= 11 is 0.898. The van der Waals surface area contributed by atoms with E-state index in [2.05, 4.69) is 11.6 Å². The number of carboxylic acids is 1. The number of aromatic carboxylic acids is 1. The predicted octanol–water partition coefficient (Wildman–Crippen LogP) is 4.03. The summed E-state index contributed by atoms with van der Waals surface area (Å²) < 4.78 is 1.63. The van der Waals surface area contributed by atoms with Crippen molar-refractivity contribution in [3.63, 3.8) is 0 Å². The van der Waals surface area contributed by atoms with Crippen molar-refractivity contribution < 1.29 is 9.90 Å². The maximum absolute atomic E-state index is 12.1. The average Bonchev–Trinajstić information content (AvgIpc) is 3.05. The van der Waals surface area contributed by atoms with Crippen molar-refractivity contribution in [3.8, 4) is 0 Å². The second kappa shape index (κ2) is 10.2. The number of thiazole rings is 1. The number of allylic oxidation sites excluding steroid dienone is 9. The molecule has 0 radical (unpaired) electrons. The van der Waals surface area contributed by atoms with Gasteiger partial charge in [-0.3, -0.25) is 9.59 Å². The molecule has 0 atom stereocenters. The summed E-state index contributed by atoms with van der Waals surface area (Å²) in [6.07, 6.45) is 18.3. The molecule has 0 aliphatic carbocycles. The summed E-state index contributed by atoms with van der Waals surface area (Å²) in [5.74, 6) is -1.31. The summed E-state index contributed by atoms with van der Waals surface area (Å²) in [4.78, 5) is 37.5. The van der Waals surface area contributed by atoms with Gasteiger partial charge in [-0.05, 0) is 25.3 Å². The zero-order valence-electron chi connectivity index (χ0n) is 15.6. The first-order chi connectivity index (χ1) is 13.5. The van der Waals surface area contributed by atoms with Crippen LogP contribution in [-0.4, -0.2) is 20.6 Å². The third kappa shape index (κ3) is 5.40. The van der Waals surface area contributed by atoms with E-state index in [-0.39, 0.29) is 16.0 Å². The third-order valence-corrected chi connectivity index (χ3v) is 4.78. The number of nitrogens with one attached hydrogen (secondary N) is 1. The lowest BCUT2D eigenvalue weighted by atomic mass is 10.1. The minimum Gasteiger partial charge on any atom is -0.477 e. The fourth-order valence-electron chi connectivity index (χ4n) is 2.63. The molecule has 2 rings (SSSR count). The molecule has 0 aromatic carbocycles. The molecule has 2 N–H and O–H groups in total. The van der Waals surface area contributed by atoms with Crippen molar-refractivity contribution >= 4 is 27.7 Å². The van der Waals surface area contributed by atoms with Crippen molar-refractivity contribution in [3.05, 3.63) is 92.4 Å². The van der Waals surface area contributed by atoms with Crippen molar-refractivity contribution in [1.29, 1.82) is 0 Å². The quantitative estimate of drug-likeness (QED) is 0.624. The zero-order chi connectivity index (χ0) is 20.5. The van der Waals surface area contributed by atoms with E-state index >= 15 is 0 Å². The minimum atomic E-state index is -1.31. The summed E-state index contributed by atoms with van der Waals surface area (Å²) in [6.45, 7) is 6.12. The summed E-state index contributed by atoms with van der Waals surface area (Å²) in [5.41, 5.74) is 0.182. The molecule has 146 valence electrons. The number of H-pyrrole nitrogens is 1. The van der Waals surface area contributed by atoms with Gasteiger partial charge in [-0.2, -0.15) is 0 Å². The molecule has 0 spiro atoms. The van der Waals surface area contributed by atoms with Crippen LogP contribution in [-0.2, 0) is 6.54 Å². The van der Waals surface area contributed by atoms with E-state index in [4.69, 9.17) is 0 Å². The molecule has 2 aromatic rings. The number of aromatic amines is 1. The van der Waals surface area contributed by atoms with Crippen LogP contribution < -0.4 is 10.3 Å². The van der Waals surface area contributed by atoms with E-state index in [1.165, 1.54) is 6.20 Å². The lowest BCUT2D eigenvalue weighted by molar-refractivity contribution is 0.0695. The summed E-state index contributed by atoms with van der Waals surface area (Å²) in [7, 11) is 0. The maximum atomic E-state index is 12.1. The number of rotatable bonds is 9. The maximum Gasteiger partial charge on any atom is 0.341 e. The highest BCUT2D eigenvalue weighted by Gasteiger charge is 2.16. The van der Waals surface area contributed by atoms with Crippen LogP contribution in [0.25, 0.3) is 10.3 Å². The highest BCUT2D eigenvalue weighted by Crippen LogP contribution is 2.13. The van der Waals surface area contributed by atoms with Crippen LogP contribution in [0.1, 0.15) is 30.1 Å². The van der Waals surface area contributed by atoms with E-state index in [0.717, 1.165) is 23.3 Å². The standard InChI is InChI=1S/C21H22N2O4S/c1-3-10-15(11-4-2)12-8-6-5-7-9-13-23-14-16(20(25)26)18(24)17-19(23)28-21(27)22-17/h3-8,10-11,14H,1,9,12-13H2,2H3,(H,22,27)(H,25,26). The average molecular weight is 398 g/mol. The summed E-state index contributed by atoms with van der Waals surface area (Å²) in [5, 5.41) is 9.21. The molecule has 0 saturated heterocycles. The molecule has 0 aliphatic heterocycles. The number of carboxylic acid groups (broad SMARTS) is 1. The van der Waals surface area contributed by atoms with Crippen molar-refractivity contribution in [2.45, 2.75) is 26.3 Å². The lowest BCUT2D eigenvalue weighted by Crippen LogP contribution is -2.18. The first-order valence-electron chi connectivity index (χ1n) is 8.73. The number of aryl methyl sites for hydroxylation is 1. The number of hydrogen-bond donors (Lipinski definition) is 2. The Balaban J connectivity index is 2.08. The highest BCUT2D eigenvalue weighted by molar-refractivity contribution is 7.16. The van der Waals surface area contributed by atoms with Crippen molar-refractivity contribution in [2.75, 3.05) is 0 Å². The topological polar surface area (TPSA) is 92.2 Å². The normalized spacial score (nSPS) is 12.7. The minimum absolute atomic E-state index is 0.0456. The number of pyridine rings is 1. The van der Waals surface area contributed by atoms with E-state index in [9.17, 15) is 19.5 Å². The molecule has 0 aliphatic rings. The van der Waals surface area contributed by atoms with Gasteiger partial charge >= 0.3 is 10.8 Å². The number of carbonyl (C=O) groups is 1. The summed E-state index contributed by atoms with van der Waals surface area (Å²) in [6, 6.07) is 0. The molecule has 0 bridgehead atoms. The van der Waals surface area contributed by atoms with Crippen LogP contribution >= 0.6 is 11.3 Å². The Labute approximate surface area is 166 Å². The van der Waals surface area contributed by atoms with E-state index < -0.39 is 11.4 Å². The molecule has 0 unspecified atom stereocenters. The van der Waals surface area contributed by atoms with Gasteiger partial charge in [0.05, 0.1) is 0 Å². The van der Waals surface area contributed by atoms with Gasteiger partial charge in [-0.15, -0.1) is 0 Å². The van der Waals surface area contributed by atoms with Crippen LogP contribution in [0.15, 0.2) is 76.5 Å². The van der Waals surface area contributed by atoms with Gasteiger partial charge in [0.1, 0.15) is 15.9 Å². The van der Waals surface area contributed by atoms with E-state index in [1.54, 1.807) is 10.6 Å². The number of fused-ring (bicyclic) bond motifs is 1. The first kappa shape index (κ1) is 21.1. The fourth-order valence-corrected chi connectivity index (χ4v) is 3.47. The molecule has 0 saturated carbocycles. The van der Waals surface area contributed by atoms with Crippen LogP contribution in [0, 0.1) is 0 Å². The molecule has 0 fully saturated rings. The Morgan fingerprint density at radius 3 is 2.75 bits per heavy atom. The Morgan fingerprint density at radius 2 is 2.07 bits per heavy atom. The van der Waals surface area contributed by atoms with E-state index in [1.807, 2.05) is 49.5 Å². The first-order valence-corrected chi connectivity index (χ1v) is 9.55. The van der Waals surface area contributed by atoms with Gasteiger partial charge < -0.3 is 14.7 Å². The van der Waals surface area contributed by atoms with Gasteiger partial charge in [0.25, 0.3) is 0 Å². The van der Waals surface area contributed by atoms with Crippen molar-refractivity contribution in [1.82, 2.24) is 9.55 Å². The number of hydrogen-bond acceptors (Lipinski definition) is 4. The van der Waals surface area contributed by atoms with Crippen molar-refractivity contribution in [2.24, 2.45) is 0 Å². The van der Waals surface area contributed by atoms with Gasteiger partial charge in [-0.1, -0.05) is 66.5 Å². The molecule has 7 heteroatoms. The Bertz CT molecular complexity index is 1090. The zero-order valence-corrected chi connectivity index (χ0v) is 16.4. The van der Waals surface area contributed by atoms with Crippen LogP contribution in [0.3, 0.4) is 0 Å². The largest absolute Gasteiger partial charge is 0.477 e. The lowest BCUT2D eigenvalue weighted by Gasteiger charge is -2.07. The second-order valence-corrected chi connectivity index (χ2v) is 6.85. The van der Waals surface area contributed by atoms with E-state index in [0.29, 0.717) is 17.8 Å². The Morgan fingerprint density at radius 1 is 1.32 bits per heavy atom. The molecule has 28 heavy (non-hydrogen) atoms. The molecule has 6 nitrogen and oxygen atoms in total. The van der Waals surface area contributed by atoms with Crippen LogP contribution in [0.5, 0.6) is 0 Å². The van der Waals surface area contributed by atoms with Gasteiger partial charge in [-0.25, -0.2) is 4.79 Å². The molecule has 2 heterocycles. The molecular weight excluding hydrogens is 376 g/mol. The third-order valence-electron chi connectivity index (χ3n) is 3.86. The van der Waals surface area contributed by atoms with Gasteiger partial charge in [0.2, 0.25) is 5.43 Å². The Kier molecular flexibility index (Phi) is 7.71.